The molecule has 0 bridgehead atoms. The zero-order valence-corrected chi connectivity index (χ0v) is 11.2. The summed E-state index contributed by atoms with van der Waals surface area (Å²) in [4.78, 5) is 0. The van der Waals surface area contributed by atoms with Crippen LogP contribution >= 0.6 is 11.8 Å². The first-order valence-corrected chi connectivity index (χ1v) is 8.64. The van der Waals surface area contributed by atoms with Crippen molar-refractivity contribution >= 4 is 21.8 Å². The maximum atomic E-state index is 12.0. The molecule has 0 amide bonds. The molecule has 0 spiro atoms. The maximum absolute atomic E-state index is 12.0. The van der Waals surface area contributed by atoms with Crippen LogP contribution in [0.1, 0.15) is 19.3 Å². The maximum Gasteiger partial charge on any atom is 0.215 e. The molecule has 16 heavy (non-hydrogen) atoms. The van der Waals surface area contributed by atoms with Crippen LogP contribution in [-0.4, -0.2) is 55.7 Å². The van der Waals surface area contributed by atoms with Gasteiger partial charge in [0, 0.05) is 31.4 Å². The normalized spacial score (nSPS) is 32.1. The van der Waals surface area contributed by atoms with Gasteiger partial charge in [-0.25, -0.2) is 8.42 Å². The second-order valence-electron chi connectivity index (χ2n) is 4.41. The van der Waals surface area contributed by atoms with Gasteiger partial charge in [0.1, 0.15) is 0 Å². The Kier molecular flexibility index (Phi) is 4.52. The first-order chi connectivity index (χ1) is 7.68. The molecule has 94 valence electrons. The Morgan fingerprint density at radius 2 is 2.19 bits per heavy atom. The van der Waals surface area contributed by atoms with Crippen LogP contribution in [0.15, 0.2) is 0 Å². The monoisotopic (exact) mass is 264 g/mol. The van der Waals surface area contributed by atoms with E-state index in [4.69, 9.17) is 0 Å². The van der Waals surface area contributed by atoms with Crippen LogP contribution in [0, 0.1) is 0 Å². The van der Waals surface area contributed by atoms with E-state index in [1.165, 1.54) is 25.0 Å². The molecule has 1 unspecified atom stereocenters. The van der Waals surface area contributed by atoms with Gasteiger partial charge in [0.25, 0.3) is 0 Å². The van der Waals surface area contributed by atoms with E-state index in [0.717, 1.165) is 6.54 Å². The van der Waals surface area contributed by atoms with Crippen molar-refractivity contribution in [3.8, 4) is 0 Å². The van der Waals surface area contributed by atoms with Crippen molar-refractivity contribution in [3.05, 3.63) is 0 Å². The van der Waals surface area contributed by atoms with Crippen molar-refractivity contribution in [3.63, 3.8) is 0 Å². The zero-order chi connectivity index (χ0) is 11.4. The molecule has 0 radical (unpaired) electrons. The van der Waals surface area contributed by atoms with Gasteiger partial charge < -0.3 is 5.32 Å². The Morgan fingerprint density at radius 1 is 1.31 bits per heavy atom. The molecule has 2 rings (SSSR count). The smallest absolute Gasteiger partial charge is 0.215 e. The van der Waals surface area contributed by atoms with Crippen molar-refractivity contribution < 1.29 is 8.42 Å². The van der Waals surface area contributed by atoms with Crippen LogP contribution in [0.25, 0.3) is 0 Å². The first kappa shape index (κ1) is 12.7. The third kappa shape index (κ3) is 3.35. The van der Waals surface area contributed by atoms with Crippen molar-refractivity contribution in [2.45, 2.75) is 24.5 Å². The molecule has 4 nitrogen and oxygen atoms in total. The quantitative estimate of drug-likeness (QED) is 0.789. The molecule has 2 fully saturated rings. The third-order valence-corrected chi connectivity index (χ3v) is 6.37. The summed E-state index contributed by atoms with van der Waals surface area (Å²) in [6, 6.07) is 0. The van der Waals surface area contributed by atoms with Gasteiger partial charge in [0.2, 0.25) is 10.0 Å². The molecule has 0 aromatic carbocycles. The number of rotatable bonds is 2. The second-order valence-corrected chi connectivity index (χ2v) is 7.91. The average Bonchev–Trinajstić information content (AvgIpc) is 2.43. The van der Waals surface area contributed by atoms with Gasteiger partial charge in [-0.3, -0.25) is 0 Å². The van der Waals surface area contributed by atoms with Gasteiger partial charge in [0.15, 0.2) is 0 Å². The molecule has 2 heterocycles. The number of nitrogens with zero attached hydrogens (tertiary/aromatic N) is 1. The molecule has 0 saturated carbocycles. The Bertz CT molecular complexity index is 313. The molecule has 2 aliphatic heterocycles. The second kappa shape index (κ2) is 5.71. The number of hydrogen-bond acceptors (Lipinski definition) is 4. The summed E-state index contributed by atoms with van der Waals surface area (Å²) in [5.74, 6) is 1.45. The highest BCUT2D eigenvalue weighted by Crippen LogP contribution is 2.26. The number of thioether (sulfide) groups is 1. The average molecular weight is 264 g/mol. The minimum atomic E-state index is -3.00. The Labute approximate surface area is 102 Å². The molecule has 1 N–H and O–H groups in total. The van der Waals surface area contributed by atoms with Gasteiger partial charge in [-0.15, -0.1) is 0 Å². The highest BCUT2D eigenvalue weighted by Gasteiger charge is 2.27. The highest BCUT2D eigenvalue weighted by atomic mass is 32.2. The summed E-state index contributed by atoms with van der Waals surface area (Å²) in [5.41, 5.74) is 0. The topological polar surface area (TPSA) is 49.4 Å². The van der Waals surface area contributed by atoms with Gasteiger partial charge in [0.05, 0.1) is 5.75 Å². The Hall–Kier alpha value is 0.220. The zero-order valence-electron chi connectivity index (χ0n) is 9.52. The van der Waals surface area contributed by atoms with Crippen LogP contribution < -0.4 is 5.32 Å². The summed E-state index contributed by atoms with van der Waals surface area (Å²) in [7, 11) is -3.00. The molecule has 6 heteroatoms. The van der Waals surface area contributed by atoms with E-state index in [0.29, 0.717) is 24.9 Å². The molecule has 2 saturated heterocycles. The molecule has 1 atom stereocenters. The minimum Gasteiger partial charge on any atom is -0.314 e. The lowest BCUT2D eigenvalue weighted by Gasteiger charge is -2.27. The van der Waals surface area contributed by atoms with Crippen LogP contribution in [0.2, 0.25) is 0 Å². The lowest BCUT2D eigenvalue weighted by Crippen LogP contribution is -2.39. The predicted molar refractivity (Wildman–Crippen MR) is 68.3 cm³/mol. The molecule has 0 aromatic heterocycles. The van der Waals surface area contributed by atoms with Crippen molar-refractivity contribution in [1.29, 1.82) is 0 Å². The van der Waals surface area contributed by atoms with E-state index < -0.39 is 10.0 Å². The van der Waals surface area contributed by atoms with Crippen molar-refractivity contribution in [2.75, 3.05) is 37.7 Å². The van der Waals surface area contributed by atoms with Gasteiger partial charge in [-0.1, -0.05) is 6.42 Å². The fourth-order valence-electron chi connectivity index (χ4n) is 2.18. The van der Waals surface area contributed by atoms with Crippen LogP contribution in [-0.2, 0) is 10.0 Å². The molecular formula is C10H20N2O2S2. The van der Waals surface area contributed by atoms with Crippen LogP contribution in [0.5, 0.6) is 0 Å². The molecule has 2 aliphatic rings. The first-order valence-electron chi connectivity index (χ1n) is 5.99. The van der Waals surface area contributed by atoms with Gasteiger partial charge in [-0.2, -0.15) is 16.1 Å². The van der Waals surface area contributed by atoms with Crippen LogP contribution in [0.3, 0.4) is 0 Å². The van der Waals surface area contributed by atoms with E-state index in [1.807, 2.05) is 11.8 Å². The summed E-state index contributed by atoms with van der Waals surface area (Å²) in [6.45, 7) is 2.74. The number of nitrogens with one attached hydrogen (secondary N) is 1. The van der Waals surface area contributed by atoms with E-state index in [1.54, 1.807) is 4.31 Å². The van der Waals surface area contributed by atoms with Gasteiger partial charge >= 0.3 is 0 Å². The number of hydrogen-bond donors (Lipinski definition) is 1. The minimum absolute atomic E-state index is 0.254. The van der Waals surface area contributed by atoms with E-state index in [2.05, 4.69) is 5.32 Å². The molecule has 0 aromatic rings. The standard InChI is InChI=1S/C10H20N2O2S2/c13-16(14)8-5-11-4-6-12(16)9-10-3-1-2-7-15-10/h10-11H,1-9H2. The van der Waals surface area contributed by atoms with E-state index in [-0.39, 0.29) is 5.75 Å². The summed E-state index contributed by atoms with van der Waals surface area (Å²) >= 11 is 1.94. The van der Waals surface area contributed by atoms with Crippen molar-refractivity contribution in [1.82, 2.24) is 9.62 Å². The fraction of sp³-hybridized carbons (Fsp3) is 1.00. The third-order valence-electron chi connectivity index (χ3n) is 3.15. The largest absolute Gasteiger partial charge is 0.314 e. The lowest BCUT2D eigenvalue weighted by atomic mass is 10.2. The van der Waals surface area contributed by atoms with E-state index in [9.17, 15) is 8.42 Å². The summed E-state index contributed by atoms with van der Waals surface area (Å²) < 4.78 is 25.6. The van der Waals surface area contributed by atoms with Gasteiger partial charge in [-0.05, 0) is 18.6 Å². The lowest BCUT2D eigenvalue weighted by molar-refractivity contribution is 0.408. The predicted octanol–water partition coefficient (Wildman–Crippen LogP) is 0.507. The molecular weight excluding hydrogens is 244 g/mol. The highest BCUT2D eigenvalue weighted by molar-refractivity contribution is 8.00. The number of sulfonamides is 1. The summed E-state index contributed by atoms with van der Waals surface area (Å²) in [6.07, 6.45) is 3.71. The van der Waals surface area contributed by atoms with E-state index >= 15 is 0 Å². The van der Waals surface area contributed by atoms with Crippen LogP contribution in [0.4, 0.5) is 0 Å². The Morgan fingerprint density at radius 3 is 2.94 bits per heavy atom. The summed E-state index contributed by atoms with van der Waals surface area (Å²) in [5, 5.41) is 3.66. The molecule has 0 aliphatic carbocycles. The Balaban J connectivity index is 1.95. The fourth-order valence-corrected chi connectivity index (χ4v) is 5.04. The van der Waals surface area contributed by atoms with Crippen molar-refractivity contribution in [2.24, 2.45) is 0 Å². The SMILES string of the molecule is O=S1(=O)CCNCCN1CC1CCCCS1.